The average Bonchev–Trinajstić information content (AvgIpc) is 0.722. The van der Waals surface area contributed by atoms with Crippen molar-refractivity contribution in [3.63, 3.8) is 0 Å². The monoisotopic (exact) mass is 232 g/mol. The molecule has 0 fully saturated rings. The third kappa shape index (κ3) is 40.3. The summed E-state index contributed by atoms with van der Waals surface area (Å²) >= 11 is -5.25. The van der Waals surface area contributed by atoms with Crippen LogP contribution >= 0.6 is 0 Å². The fraction of sp³-hybridized carbons (Fsp3) is 0. The van der Waals surface area contributed by atoms with Crippen LogP contribution in [0.3, 0.4) is 0 Å². The van der Waals surface area contributed by atoms with Crippen molar-refractivity contribution in [2.45, 2.75) is 0 Å². The molecule has 6 heavy (non-hydrogen) atoms. The van der Waals surface area contributed by atoms with Crippen LogP contribution in [0.1, 0.15) is 0 Å². The Hall–Kier alpha value is 1.84. The van der Waals surface area contributed by atoms with Crippen molar-refractivity contribution >= 4 is 71.6 Å². The van der Waals surface area contributed by atoms with Gasteiger partial charge in [-0.15, -0.1) is 0 Å². The van der Waals surface area contributed by atoms with E-state index < -0.39 is 13.4 Å². The van der Waals surface area contributed by atoms with Crippen LogP contribution in [0, 0.1) is 0 Å². The summed E-state index contributed by atoms with van der Waals surface area (Å²) in [5.41, 5.74) is 0. The Labute approximate surface area is 85.6 Å². The van der Waals surface area contributed by atoms with Crippen molar-refractivity contribution in [3.8, 4) is 0 Å². The molecule has 6 heteroatoms. The van der Waals surface area contributed by atoms with Crippen molar-refractivity contribution < 1.29 is 16.0 Å². The van der Waals surface area contributed by atoms with Gasteiger partial charge in [0.25, 0.3) is 0 Å². The maximum atomic E-state index is 8.82. The number of hydrogen-bond acceptors (Lipinski definition) is 2. The molecule has 0 heterocycles. The van der Waals surface area contributed by atoms with E-state index in [9.17, 15) is 0 Å². The predicted molar refractivity (Wildman–Crippen MR) is 18.7 cm³/mol. The predicted octanol–water partition coefficient (Wildman–Crippen LogP) is -2.38. The van der Waals surface area contributed by atoms with E-state index >= 15 is 0 Å². The fourth-order valence-corrected chi connectivity index (χ4v) is 0. The second-order valence-electron chi connectivity index (χ2n) is 0.448. The van der Waals surface area contributed by atoms with Gasteiger partial charge in [-0.1, -0.05) is 0 Å². The molecule has 2 N–H and O–H groups in total. The second kappa shape index (κ2) is 3.80. The summed E-state index contributed by atoms with van der Waals surface area (Å²) in [5.74, 6) is 0. The van der Waals surface area contributed by atoms with Crippen molar-refractivity contribution in [3.05, 3.63) is 0 Å². The first-order valence-corrected chi connectivity index (χ1v) is 3.63. The van der Waals surface area contributed by atoms with Gasteiger partial charge in [0.1, 0.15) is 0 Å². The molecule has 0 amide bonds. The van der Waals surface area contributed by atoms with Crippen LogP contribution in [-0.2, 0) is 7.67 Å². The van der Waals surface area contributed by atoms with Gasteiger partial charge in [0.15, 0.2) is 0 Å². The van der Waals surface area contributed by atoms with Gasteiger partial charge in [-0.3, -0.25) is 0 Å². The van der Waals surface area contributed by atoms with Gasteiger partial charge in [0.2, 0.25) is 0 Å². The van der Waals surface area contributed by atoms with E-state index in [0.29, 0.717) is 0 Å². The molecule has 0 aromatic heterocycles. The Kier molecular flexibility index (Phi) is 6.81. The molecule has 0 radical (unpaired) electrons. The Morgan fingerprint density at radius 3 is 1.17 bits per heavy atom. The molecule has 0 saturated heterocycles. The van der Waals surface area contributed by atoms with Crippen LogP contribution in [0.2, 0.25) is 0 Å². The average molecular weight is 231 g/mol. The summed E-state index contributed by atoms with van der Waals surface area (Å²) in [6.45, 7) is 0. The molecular weight excluding hydrogens is 228 g/mol. The van der Waals surface area contributed by atoms with Crippen molar-refractivity contribution in [2.24, 2.45) is 0 Å². The van der Waals surface area contributed by atoms with E-state index in [1.165, 1.54) is 0 Å². The molecule has 34 valence electrons. The van der Waals surface area contributed by atoms with E-state index in [1.54, 1.807) is 0 Å². The fourth-order valence-electron chi connectivity index (χ4n) is 0. The summed E-state index contributed by atoms with van der Waals surface area (Å²) < 4.78 is 31.9. The quantitative estimate of drug-likeness (QED) is 0.457. The van der Waals surface area contributed by atoms with Crippen LogP contribution in [0.25, 0.3) is 0 Å². The van der Waals surface area contributed by atoms with Gasteiger partial charge in [-0.25, -0.2) is 0 Å². The normalized spacial score (nSPS) is 9.67. The molecule has 0 saturated carbocycles. The molecular formula is H3O4RbSe. The van der Waals surface area contributed by atoms with E-state index in [4.69, 9.17) is 16.0 Å². The first kappa shape index (κ1) is 10.8. The van der Waals surface area contributed by atoms with Crippen LogP contribution in [0.5, 0.6) is 0 Å². The Morgan fingerprint density at radius 2 is 1.17 bits per heavy atom. The van der Waals surface area contributed by atoms with Crippen molar-refractivity contribution in [2.75, 3.05) is 0 Å². The van der Waals surface area contributed by atoms with E-state index in [2.05, 4.69) is 0 Å². The van der Waals surface area contributed by atoms with Gasteiger partial charge in [-0.2, -0.15) is 0 Å². The van der Waals surface area contributed by atoms with Crippen molar-refractivity contribution in [1.82, 2.24) is 0 Å². The van der Waals surface area contributed by atoms with Crippen molar-refractivity contribution in [1.29, 1.82) is 0 Å². The molecule has 0 spiro atoms. The van der Waals surface area contributed by atoms with Gasteiger partial charge in [0.05, 0.1) is 0 Å². The Morgan fingerprint density at radius 1 is 1.17 bits per heavy atom. The zero-order chi connectivity index (χ0) is 4.50. The van der Waals surface area contributed by atoms with Gasteiger partial charge >= 0.3 is 87.6 Å². The molecule has 0 aliphatic rings. The minimum atomic E-state index is -5.25. The third-order valence-corrected chi connectivity index (χ3v) is 0. The first-order valence-electron chi connectivity index (χ1n) is 0.698. The minimum absolute atomic E-state index is 0. The SMILES string of the molecule is O=[Se](=O)(O)O.[RbH]. The molecule has 4 nitrogen and oxygen atoms in total. The second-order valence-corrected chi connectivity index (χ2v) is 2.33. The summed E-state index contributed by atoms with van der Waals surface area (Å²) in [6, 6.07) is 0. The molecule has 0 aliphatic carbocycles. The first-order chi connectivity index (χ1) is 2.00. The zero-order valence-electron chi connectivity index (χ0n) is 2.12. The van der Waals surface area contributed by atoms with Crippen LogP contribution in [-0.4, -0.2) is 79.9 Å². The standard InChI is InChI=1S/H2O4Se.Rb.H/c1-5(2,3)4;;/h(H2,1,2,3,4);;. The third-order valence-electron chi connectivity index (χ3n) is 0. The van der Waals surface area contributed by atoms with Crippen LogP contribution in [0.15, 0.2) is 0 Å². The molecule has 0 aliphatic heterocycles. The van der Waals surface area contributed by atoms with Crippen LogP contribution < -0.4 is 0 Å². The van der Waals surface area contributed by atoms with Gasteiger partial charge < -0.3 is 0 Å². The number of rotatable bonds is 0. The molecule has 0 rings (SSSR count). The molecule has 0 bridgehead atoms. The van der Waals surface area contributed by atoms with Crippen LogP contribution in [0.4, 0.5) is 0 Å². The maximum absolute atomic E-state index is 8.82. The molecule has 0 atom stereocenters. The Balaban J connectivity index is 0. The summed E-state index contributed by atoms with van der Waals surface area (Å²) in [7, 11) is 0. The summed E-state index contributed by atoms with van der Waals surface area (Å²) in [5, 5.41) is 0. The summed E-state index contributed by atoms with van der Waals surface area (Å²) in [6.07, 6.45) is 0. The summed E-state index contributed by atoms with van der Waals surface area (Å²) in [4.78, 5) is 0. The Bertz CT molecular complexity index is 90.7. The molecule has 0 unspecified atom stereocenters. The van der Waals surface area contributed by atoms with Gasteiger partial charge in [0, 0.05) is 0 Å². The van der Waals surface area contributed by atoms with E-state index in [1.807, 2.05) is 0 Å². The number of hydrogen-bond donors (Lipinski definition) is 2. The molecule has 0 aromatic rings. The zero-order valence-corrected chi connectivity index (χ0v) is 3.83. The van der Waals surface area contributed by atoms with E-state index in [0.717, 1.165) is 0 Å². The van der Waals surface area contributed by atoms with E-state index in [-0.39, 0.29) is 58.2 Å². The topological polar surface area (TPSA) is 74.6 Å². The van der Waals surface area contributed by atoms with Gasteiger partial charge in [-0.05, 0) is 0 Å². The molecule has 0 aromatic carbocycles.